The molecule has 6 N–H and O–H groups in total. The first-order valence-electron chi connectivity index (χ1n) is 1.97. The summed E-state index contributed by atoms with van der Waals surface area (Å²) in [5.41, 5.74) is 0. The standard InChI is InChI=1S/C4H8O2.Ca.3H2O/c1-2-3-4(5)6;;;;/h2-3H2,1H3,(H,5,6);;3*1H2/q;+2;;;/p-1. The Morgan fingerprint density at radius 1 is 1.30 bits per heavy atom. The molecule has 60 valence electrons. The average molecular weight is 181 g/mol. The first-order chi connectivity index (χ1) is 2.77. The van der Waals surface area contributed by atoms with Gasteiger partial charge in [0, 0.05) is 5.97 Å². The third-order valence-corrected chi connectivity index (χ3v) is 0.454. The molecule has 0 aromatic carbocycles. The topological polar surface area (TPSA) is 135 Å². The molecule has 0 aliphatic carbocycles. The molecule has 0 fully saturated rings. The van der Waals surface area contributed by atoms with Crippen molar-refractivity contribution in [2.24, 2.45) is 0 Å². The van der Waals surface area contributed by atoms with Crippen LogP contribution >= 0.6 is 0 Å². The van der Waals surface area contributed by atoms with E-state index in [1.807, 2.05) is 0 Å². The van der Waals surface area contributed by atoms with Gasteiger partial charge >= 0.3 is 37.7 Å². The smallest absolute Gasteiger partial charge is 0.550 e. The zero-order valence-corrected chi connectivity index (χ0v) is 8.15. The van der Waals surface area contributed by atoms with Crippen LogP contribution < -0.4 is 5.11 Å². The Morgan fingerprint density at radius 2 is 1.60 bits per heavy atom. The normalized spacial score (nSPS) is 4.90. The fourth-order valence-corrected chi connectivity index (χ4v) is 0.204. The Balaban J connectivity index is -0.0000000208. The molecule has 0 aliphatic heterocycles. The van der Waals surface area contributed by atoms with Crippen LogP contribution in [-0.2, 0) is 4.79 Å². The van der Waals surface area contributed by atoms with Crippen LogP contribution in [0.3, 0.4) is 0 Å². The zero-order valence-electron chi connectivity index (χ0n) is 5.94. The van der Waals surface area contributed by atoms with Gasteiger partial charge in [-0.25, -0.2) is 0 Å². The van der Waals surface area contributed by atoms with Crippen molar-refractivity contribution in [1.29, 1.82) is 0 Å². The summed E-state index contributed by atoms with van der Waals surface area (Å²) < 4.78 is 0. The van der Waals surface area contributed by atoms with Gasteiger partial charge in [-0.05, 0) is 6.42 Å². The van der Waals surface area contributed by atoms with E-state index in [2.05, 4.69) is 0 Å². The minimum absolute atomic E-state index is 0. The quantitative estimate of drug-likeness (QED) is 0.412. The molecule has 0 aliphatic rings. The number of carboxylic acid groups (broad SMARTS) is 1. The number of carboxylic acids is 1. The van der Waals surface area contributed by atoms with Crippen molar-refractivity contribution >= 4 is 43.7 Å². The van der Waals surface area contributed by atoms with Gasteiger partial charge < -0.3 is 26.3 Å². The molecule has 0 bridgehead atoms. The molecule has 0 saturated carbocycles. The van der Waals surface area contributed by atoms with E-state index in [9.17, 15) is 9.90 Å². The molecule has 0 spiro atoms. The number of rotatable bonds is 2. The Kier molecular flexibility index (Phi) is 70.5. The SMILES string of the molecule is CCCC(=O)[O-].O.O.O.[Ca+2]. The van der Waals surface area contributed by atoms with Gasteiger partial charge in [-0.15, -0.1) is 0 Å². The molecule has 10 heavy (non-hydrogen) atoms. The van der Waals surface area contributed by atoms with E-state index in [0.717, 1.165) is 0 Å². The van der Waals surface area contributed by atoms with Crippen LogP contribution in [0, 0.1) is 0 Å². The monoisotopic (exact) mass is 181 g/mol. The van der Waals surface area contributed by atoms with Crippen LogP contribution in [0.2, 0.25) is 0 Å². The Hall–Kier alpha value is 0.610. The third-order valence-electron chi connectivity index (χ3n) is 0.454. The Morgan fingerprint density at radius 3 is 1.60 bits per heavy atom. The second kappa shape index (κ2) is 22.6. The fourth-order valence-electron chi connectivity index (χ4n) is 0.204. The summed E-state index contributed by atoms with van der Waals surface area (Å²) in [7, 11) is 0. The van der Waals surface area contributed by atoms with Crippen molar-refractivity contribution in [3.63, 3.8) is 0 Å². The van der Waals surface area contributed by atoms with E-state index < -0.39 is 5.97 Å². The van der Waals surface area contributed by atoms with Gasteiger partial charge in [0.25, 0.3) is 0 Å². The molecular weight excluding hydrogens is 168 g/mol. The number of carbonyl (C=O) groups is 1. The van der Waals surface area contributed by atoms with E-state index in [0.29, 0.717) is 6.42 Å². The van der Waals surface area contributed by atoms with E-state index in [1.165, 1.54) is 0 Å². The van der Waals surface area contributed by atoms with Crippen LogP contribution in [-0.4, -0.2) is 60.1 Å². The van der Waals surface area contributed by atoms with Crippen molar-refractivity contribution < 1.29 is 26.3 Å². The van der Waals surface area contributed by atoms with Gasteiger partial charge in [-0.1, -0.05) is 13.3 Å². The molecule has 0 amide bonds. The molecular formula is C4H13CaO5+. The molecule has 0 aromatic rings. The maximum atomic E-state index is 9.49. The van der Waals surface area contributed by atoms with Crippen molar-refractivity contribution in [1.82, 2.24) is 0 Å². The van der Waals surface area contributed by atoms with Crippen LogP contribution in [0.15, 0.2) is 0 Å². The number of aliphatic carboxylic acids is 1. The van der Waals surface area contributed by atoms with Crippen LogP contribution in [0.25, 0.3) is 0 Å². The molecule has 0 atom stereocenters. The molecule has 0 saturated heterocycles. The summed E-state index contributed by atoms with van der Waals surface area (Å²) in [6.07, 6.45) is 0.850. The van der Waals surface area contributed by atoms with Crippen LogP contribution in [0.4, 0.5) is 0 Å². The first kappa shape index (κ1) is 31.1. The van der Waals surface area contributed by atoms with E-state index in [1.54, 1.807) is 6.92 Å². The summed E-state index contributed by atoms with van der Waals surface area (Å²) in [5.74, 6) is -0.961. The van der Waals surface area contributed by atoms with Crippen molar-refractivity contribution in [3.8, 4) is 0 Å². The van der Waals surface area contributed by atoms with Gasteiger partial charge in [0.2, 0.25) is 0 Å². The third kappa shape index (κ3) is 38.3. The van der Waals surface area contributed by atoms with Crippen LogP contribution in [0.5, 0.6) is 0 Å². The number of carbonyl (C=O) groups excluding carboxylic acids is 1. The number of hydrogen-bond acceptors (Lipinski definition) is 2. The molecule has 0 aromatic heterocycles. The van der Waals surface area contributed by atoms with E-state index in [-0.39, 0.29) is 60.6 Å². The van der Waals surface area contributed by atoms with Crippen molar-refractivity contribution in [3.05, 3.63) is 0 Å². The maximum Gasteiger partial charge on any atom is 2.00 e. The maximum absolute atomic E-state index is 9.49. The average Bonchev–Trinajstić information content (AvgIpc) is 1.35. The summed E-state index contributed by atoms with van der Waals surface area (Å²) in [6.45, 7) is 1.80. The minimum atomic E-state index is -0.961. The zero-order chi connectivity index (χ0) is 4.99. The molecule has 0 heterocycles. The molecule has 6 heteroatoms. The predicted octanol–water partition coefficient (Wildman–Crippen LogP) is -3.32. The molecule has 0 rings (SSSR count). The molecule has 5 nitrogen and oxygen atoms in total. The fraction of sp³-hybridized carbons (Fsp3) is 0.750. The summed E-state index contributed by atoms with van der Waals surface area (Å²) >= 11 is 0. The summed E-state index contributed by atoms with van der Waals surface area (Å²) in [5, 5.41) is 9.49. The van der Waals surface area contributed by atoms with Gasteiger partial charge in [0.15, 0.2) is 0 Å². The molecule has 0 radical (unpaired) electrons. The van der Waals surface area contributed by atoms with Gasteiger partial charge in [0.05, 0.1) is 0 Å². The second-order valence-electron chi connectivity index (χ2n) is 1.12. The van der Waals surface area contributed by atoms with Crippen molar-refractivity contribution in [2.75, 3.05) is 0 Å². The van der Waals surface area contributed by atoms with E-state index in [4.69, 9.17) is 0 Å². The Bertz CT molecular complexity index is 57.6. The first-order valence-corrected chi connectivity index (χ1v) is 1.97. The Labute approximate surface area is 89.3 Å². The van der Waals surface area contributed by atoms with Gasteiger partial charge in [-0.3, -0.25) is 0 Å². The minimum Gasteiger partial charge on any atom is -0.550 e. The van der Waals surface area contributed by atoms with E-state index >= 15 is 0 Å². The number of hydrogen-bond donors (Lipinski definition) is 0. The largest absolute Gasteiger partial charge is 2.00 e. The van der Waals surface area contributed by atoms with Crippen LogP contribution in [0.1, 0.15) is 19.8 Å². The van der Waals surface area contributed by atoms with Crippen molar-refractivity contribution in [2.45, 2.75) is 19.8 Å². The molecule has 0 unspecified atom stereocenters. The second-order valence-corrected chi connectivity index (χ2v) is 1.12. The van der Waals surface area contributed by atoms with Gasteiger partial charge in [0.1, 0.15) is 0 Å². The summed E-state index contributed by atoms with van der Waals surface area (Å²) in [4.78, 5) is 9.49. The predicted molar refractivity (Wildman–Crippen MR) is 36.5 cm³/mol. The summed E-state index contributed by atoms with van der Waals surface area (Å²) in [6, 6.07) is 0. The van der Waals surface area contributed by atoms with Gasteiger partial charge in [-0.2, -0.15) is 0 Å².